The average molecular weight is 226 g/mol. The molecule has 5 heteroatoms. The Bertz CT molecular complexity index is 187. The molecule has 0 amide bonds. The van der Waals surface area contributed by atoms with Gasteiger partial charge in [0.15, 0.2) is 0 Å². The third kappa shape index (κ3) is 0.487. The molecule has 0 aromatic heterocycles. The Balaban J connectivity index is 2.43. The number of oxime groups is 2. The van der Waals surface area contributed by atoms with Crippen LogP contribution in [0.3, 0.4) is 0 Å². The zero-order chi connectivity index (χ0) is 5.40. The molecule has 0 N–H and O–H groups in total. The van der Waals surface area contributed by atoms with Gasteiger partial charge in [-0.15, -0.1) is 0 Å². The molecule has 4 nitrogen and oxygen atoms in total. The second-order valence-corrected chi connectivity index (χ2v) is 4.79. The molecule has 2 rings (SSSR count). The van der Waals surface area contributed by atoms with Crippen LogP contribution in [0.25, 0.3) is 0 Å². The normalized spacial score (nSPS) is 23.2. The molecule has 0 aromatic carbocycles. The van der Waals surface area contributed by atoms with Crippen molar-refractivity contribution in [2.45, 2.75) is 0 Å². The molecule has 0 aromatic rings. The monoisotopic (exact) mass is 228 g/mol. The minimum atomic E-state index is -1.84. The zero-order valence-electron chi connectivity index (χ0n) is 3.77. The SMILES string of the molecule is C1=NO[Te]2=C1C=NO2. The van der Waals surface area contributed by atoms with Crippen LogP contribution in [0, 0.1) is 0 Å². The Hall–Kier alpha value is -0.400. The standard InChI is InChI=1S/C3H2N2O2Te/c1-3-2-5-7-8(3)6-4-1/h1-2H. The number of nitrogens with zero attached hydrogens (tertiary/aromatic N) is 2. The average Bonchev–Trinajstić information content (AvgIpc) is 2.15. The van der Waals surface area contributed by atoms with Crippen LogP contribution < -0.4 is 0 Å². The Labute approximate surface area is 53.0 Å². The van der Waals surface area contributed by atoms with E-state index in [2.05, 4.69) is 10.3 Å². The van der Waals surface area contributed by atoms with E-state index in [1.54, 1.807) is 12.4 Å². The summed E-state index contributed by atoms with van der Waals surface area (Å²) in [6.07, 6.45) is 3.32. The summed E-state index contributed by atoms with van der Waals surface area (Å²) < 4.78 is 10.7. The Kier molecular flexibility index (Phi) is 0.860. The van der Waals surface area contributed by atoms with Gasteiger partial charge < -0.3 is 0 Å². The second-order valence-electron chi connectivity index (χ2n) is 1.26. The summed E-state index contributed by atoms with van der Waals surface area (Å²) in [6.45, 7) is 0. The van der Waals surface area contributed by atoms with Crippen LogP contribution in [-0.2, 0) is 6.40 Å². The Morgan fingerprint density at radius 1 is 1.25 bits per heavy atom. The molecule has 0 spiro atoms. The fourth-order valence-corrected chi connectivity index (χ4v) is 2.44. The van der Waals surface area contributed by atoms with Gasteiger partial charge in [0.05, 0.1) is 0 Å². The van der Waals surface area contributed by atoms with E-state index in [-0.39, 0.29) is 0 Å². The van der Waals surface area contributed by atoms with Gasteiger partial charge in [0.2, 0.25) is 0 Å². The van der Waals surface area contributed by atoms with E-state index < -0.39 is 19.9 Å². The third-order valence-corrected chi connectivity index (χ3v) is 3.74. The van der Waals surface area contributed by atoms with E-state index in [0.717, 1.165) is 3.55 Å². The van der Waals surface area contributed by atoms with Crippen molar-refractivity contribution in [1.29, 1.82) is 0 Å². The van der Waals surface area contributed by atoms with Crippen molar-refractivity contribution in [1.82, 2.24) is 0 Å². The molecule has 2 aliphatic heterocycles. The molecule has 0 unspecified atom stereocenters. The van der Waals surface area contributed by atoms with E-state index in [1.165, 1.54) is 0 Å². The first-order valence-electron chi connectivity index (χ1n) is 2.00. The molecule has 0 atom stereocenters. The van der Waals surface area contributed by atoms with Crippen LogP contribution in [0.2, 0.25) is 0 Å². The van der Waals surface area contributed by atoms with Gasteiger partial charge in [0.1, 0.15) is 0 Å². The quantitative estimate of drug-likeness (QED) is 0.510. The number of rotatable bonds is 0. The van der Waals surface area contributed by atoms with E-state index in [4.69, 9.17) is 6.40 Å². The van der Waals surface area contributed by atoms with Crippen molar-refractivity contribution >= 4 is 35.9 Å². The van der Waals surface area contributed by atoms with E-state index in [1.807, 2.05) is 0 Å². The summed E-state index contributed by atoms with van der Waals surface area (Å²) >= 11 is -1.84. The molecule has 0 fully saturated rings. The minimum absolute atomic E-state index is 1.05. The van der Waals surface area contributed by atoms with Gasteiger partial charge >= 0.3 is 52.6 Å². The first-order chi connectivity index (χ1) is 3.97. The Morgan fingerprint density at radius 3 is 2.38 bits per heavy atom. The van der Waals surface area contributed by atoms with Crippen LogP contribution >= 0.6 is 0 Å². The van der Waals surface area contributed by atoms with E-state index in [0.29, 0.717) is 0 Å². The van der Waals surface area contributed by atoms with Crippen LogP contribution in [0.1, 0.15) is 0 Å². The fraction of sp³-hybridized carbons (Fsp3) is 0. The van der Waals surface area contributed by atoms with Gasteiger partial charge in [-0.2, -0.15) is 0 Å². The molecule has 0 radical (unpaired) electrons. The summed E-state index contributed by atoms with van der Waals surface area (Å²) in [7, 11) is 0. The fourth-order valence-electron chi connectivity index (χ4n) is 0.444. The van der Waals surface area contributed by atoms with E-state index in [9.17, 15) is 0 Å². The van der Waals surface area contributed by atoms with Gasteiger partial charge in [-0.3, -0.25) is 0 Å². The van der Waals surface area contributed by atoms with Crippen molar-refractivity contribution in [3.63, 3.8) is 0 Å². The second kappa shape index (κ2) is 1.54. The molecule has 42 valence electrons. The van der Waals surface area contributed by atoms with Crippen molar-refractivity contribution in [3.8, 4) is 0 Å². The molecular formula is C3H2N2O2Te. The van der Waals surface area contributed by atoms with Crippen LogP contribution in [-0.4, -0.2) is 35.9 Å². The van der Waals surface area contributed by atoms with Gasteiger partial charge in [0.25, 0.3) is 0 Å². The summed E-state index contributed by atoms with van der Waals surface area (Å²) in [5, 5.41) is 7.13. The third-order valence-electron chi connectivity index (χ3n) is 0.774. The van der Waals surface area contributed by atoms with Gasteiger partial charge in [-0.05, 0) is 0 Å². The van der Waals surface area contributed by atoms with Gasteiger partial charge in [-0.1, -0.05) is 0 Å². The van der Waals surface area contributed by atoms with Gasteiger partial charge in [0, 0.05) is 0 Å². The molecule has 2 heterocycles. The topological polar surface area (TPSA) is 43.2 Å². The van der Waals surface area contributed by atoms with Crippen LogP contribution in [0.15, 0.2) is 10.3 Å². The first kappa shape index (κ1) is 4.48. The van der Waals surface area contributed by atoms with Crippen LogP contribution in [0.4, 0.5) is 0 Å². The predicted octanol–water partition coefficient (Wildman–Crippen LogP) is -0.739. The van der Waals surface area contributed by atoms with Crippen molar-refractivity contribution in [2.75, 3.05) is 0 Å². The van der Waals surface area contributed by atoms with E-state index >= 15 is 0 Å². The van der Waals surface area contributed by atoms with Crippen molar-refractivity contribution in [2.24, 2.45) is 10.3 Å². The summed E-state index contributed by atoms with van der Waals surface area (Å²) in [5.41, 5.74) is 0. The van der Waals surface area contributed by atoms with Crippen LogP contribution in [0.5, 0.6) is 0 Å². The Morgan fingerprint density at radius 2 is 1.88 bits per heavy atom. The summed E-state index contributed by atoms with van der Waals surface area (Å²) in [5.74, 6) is 0. The molecule has 0 bridgehead atoms. The molecule has 0 aliphatic carbocycles. The maximum absolute atomic E-state index is 4.83. The maximum atomic E-state index is 4.83. The molecule has 8 heavy (non-hydrogen) atoms. The van der Waals surface area contributed by atoms with Gasteiger partial charge in [-0.25, -0.2) is 0 Å². The number of hydrogen-bond donors (Lipinski definition) is 0. The van der Waals surface area contributed by atoms with Crippen molar-refractivity contribution < 1.29 is 6.40 Å². The molecule has 0 saturated heterocycles. The molecule has 0 saturated carbocycles. The summed E-state index contributed by atoms with van der Waals surface area (Å²) in [6, 6.07) is 0. The zero-order valence-corrected chi connectivity index (χ0v) is 6.10. The molecule has 2 aliphatic rings. The number of hydrogen-bond acceptors (Lipinski definition) is 4. The predicted molar refractivity (Wildman–Crippen MR) is 29.9 cm³/mol. The van der Waals surface area contributed by atoms with Crippen molar-refractivity contribution in [3.05, 3.63) is 0 Å². The summed E-state index contributed by atoms with van der Waals surface area (Å²) in [4.78, 5) is 0. The molecular weight excluding hydrogens is 224 g/mol. The first-order valence-corrected chi connectivity index (χ1v) is 5.06.